The zero-order chi connectivity index (χ0) is 9.42. The van der Waals surface area contributed by atoms with Gasteiger partial charge in [0, 0.05) is 12.1 Å². The lowest BCUT2D eigenvalue weighted by molar-refractivity contribution is 0.0940. The monoisotopic (exact) mass is 182 g/mol. The summed E-state index contributed by atoms with van der Waals surface area (Å²) in [7, 11) is 0. The highest BCUT2D eigenvalue weighted by atomic mass is 16.6. The van der Waals surface area contributed by atoms with Gasteiger partial charge in [0.2, 0.25) is 0 Å². The molecule has 1 saturated carbocycles. The minimum Gasteiger partial charge on any atom is -0.346 e. The van der Waals surface area contributed by atoms with Crippen LogP contribution >= 0.6 is 0 Å². The molecule has 2 rings (SSSR count). The number of nitrogens with one attached hydrogen (secondary N) is 1. The zero-order valence-electron chi connectivity index (χ0n) is 7.15. The van der Waals surface area contributed by atoms with Gasteiger partial charge < -0.3 is 11.1 Å². The molecule has 1 heterocycles. The van der Waals surface area contributed by atoms with Gasteiger partial charge in [-0.3, -0.25) is 4.79 Å². The smallest absolute Gasteiger partial charge is 0.275 e. The first kappa shape index (κ1) is 8.18. The van der Waals surface area contributed by atoms with E-state index in [0.717, 1.165) is 6.42 Å². The summed E-state index contributed by atoms with van der Waals surface area (Å²) in [6.07, 6.45) is 0.829. The van der Waals surface area contributed by atoms with Crippen molar-refractivity contribution in [2.45, 2.75) is 25.4 Å². The van der Waals surface area contributed by atoms with E-state index in [-0.39, 0.29) is 23.7 Å². The Balaban J connectivity index is 2.01. The summed E-state index contributed by atoms with van der Waals surface area (Å²) in [6.45, 7) is 1.66. The topological polar surface area (TPSA) is 94.0 Å². The minimum absolute atomic E-state index is 0.0867. The molecule has 1 fully saturated rings. The molecule has 2 unspecified atom stereocenters. The SMILES string of the molecule is Cc1nonc1C(=O)NC1CC1N. The quantitative estimate of drug-likeness (QED) is 0.625. The van der Waals surface area contributed by atoms with Crippen LogP contribution in [0.2, 0.25) is 0 Å². The van der Waals surface area contributed by atoms with Crippen LogP contribution in [0.1, 0.15) is 22.6 Å². The number of nitrogens with two attached hydrogens (primary N) is 1. The second-order valence-electron chi connectivity index (χ2n) is 3.18. The molecular formula is C7H10N4O2. The number of rotatable bonds is 2. The van der Waals surface area contributed by atoms with E-state index in [0.29, 0.717) is 5.69 Å². The van der Waals surface area contributed by atoms with Crippen molar-refractivity contribution < 1.29 is 9.42 Å². The first-order chi connectivity index (χ1) is 6.18. The molecule has 70 valence electrons. The van der Waals surface area contributed by atoms with Gasteiger partial charge in [-0.1, -0.05) is 5.16 Å². The fraction of sp³-hybridized carbons (Fsp3) is 0.571. The Morgan fingerprint density at radius 3 is 2.85 bits per heavy atom. The molecule has 2 atom stereocenters. The lowest BCUT2D eigenvalue weighted by Crippen LogP contribution is -2.30. The van der Waals surface area contributed by atoms with Crippen LogP contribution < -0.4 is 11.1 Å². The number of amides is 1. The highest BCUT2D eigenvalue weighted by Gasteiger charge is 2.35. The van der Waals surface area contributed by atoms with Crippen molar-refractivity contribution in [1.29, 1.82) is 0 Å². The molecule has 0 aromatic carbocycles. The van der Waals surface area contributed by atoms with Crippen molar-refractivity contribution in [2.24, 2.45) is 5.73 Å². The predicted molar refractivity (Wildman–Crippen MR) is 42.9 cm³/mol. The molecule has 1 aromatic rings. The predicted octanol–water partition coefficient (Wildman–Crippen LogP) is -0.793. The molecule has 0 bridgehead atoms. The van der Waals surface area contributed by atoms with Crippen LogP contribution in [-0.4, -0.2) is 28.3 Å². The molecule has 3 N–H and O–H groups in total. The molecule has 1 aliphatic rings. The fourth-order valence-corrected chi connectivity index (χ4v) is 1.05. The van der Waals surface area contributed by atoms with Gasteiger partial charge in [-0.05, 0) is 18.5 Å². The summed E-state index contributed by atoms with van der Waals surface area (Å²) in [6, 6.07) is 0.174. The lowest BCUT2D eigenvalue weighted by Gasteiger charge is -1.98. The Bertz CT molecular complexity index is 335. The molecule has 1 amide bonds. The highest BCUT2D eigenvalue weighted by molar-refractivity contribution is 5.93. The van der Waals surface area contributed by atoms with Crippen molar-refractivity contribution in [3.05, 3.63) is 11.4 Å². The van der Waals surface area contributed by atoms with Gasteiger partial charge in [0.15, 0.2) is 5.69 Å². The number of carbonyl (C=O) groups is 1. The Hall–Kier alpha value is -1.43. The van der Waals surface area contributed by atoms with Crippen LogP contribution in [0, 0.1) is 6.92 Å². The zero-order valence-corrected chi connectivity index (χ0v) is 7.15. The van der Waals surface area contributed by atoms with Gasteiger partial charge in [0.05, 0.1) is 0 Å². The summed E-state index contributed by atoms with van der Waals surface area (Å²) in [5.74, 6) is -0.267. The van der Waals surface area contributed by atoms with E-state index in [4.69, 9.17) is 5.73 Å². The Morgan fingerprint density at radius 1 is 1.69 bits per heavy atom. The first-order valence-electron chi connectivity index (χ1n) is 4.04. The number of carbonyl (C=O) groups excluding carboxylic acids is 1. The molecule has 1 aliphatic carbocycles. The molecular weight excluding hydrogens is 172 g/mol. The number of aromatic nitrogens is 2. The average Bonchev–Trinajstić information content (AvgIpc) is 2.62. The van der Waals surface area contributed by atoms with Crippen LogP contribution in [0.3, 0.4) is 0 Å². The molecule has 6 heteroatoms. The fourth-order valence-electron chi connectivity index (χ4n) is 1.05. The standard InChI is InChI=1S/C7H10N4O2/c1-3-6(11-13-10-3)7(12)9-5-2-4(5)8/h4-5H,2,8H2,1H3,(H,9,12). The Morgan fingerprint density at radius 2 is 2.38 bits per heavy atom. The van der Waals surface area contributed by atoms with Crippen molar-refractivity contribution in [3.8, 4) is 0 Å². The van der Waals surface area contributed by atoms with Crippen LogP contribution in [0.4, 0.5) is 0 Å². The average molecular weight is 182 g/mol. The summed E-state index contributed by atoms with van der Waals surface area (Å²) in [4.78, 5) is 11.4. The second-order valence-corrected chi connectivity index (χ2v) is 3.18. The highest BCUT2D eigenvalue weighted by Crippen LogP contribution is 2.18. The second kappa shape index (κ2) is 2.81. The van der Waals surface area contributed by atoms with E-state index >= 15 is 0 Å². The van der Waals surface area contributed by atoms with E-state index in [9.17, 15) is 4.79 Å². The molecule has 13 heavy (non-hydrogen) atoms. The molecule has 1 aromatic heterocycles. The van der Waals surface area contributed by atoms with Crippen LogP contribution in [0.5, 0.6) is 0 Å². The Kier molecular flexibility index (Phi) is 1.77. The largest absolute Gasteiger partial charge is 0.346 e. The molecule has 0 radical (unpaired) electrons. The third-order valence-corrected chi connectivity index (χ3v) is 2.02. The van der Waals surface area contributed by atoms with Gasteiger partial charge in [0.25, 0.3) is 5.91 Å². The van der Waals surface area contributed by atoms with E-state index < -0.39 is 0 Å². The first-order valence-corrected chi connectivity index (χ1v) is 4.04. The van der Waals surface area contributed by atoms with E-state index in [1.165, 1.54) is 0 Å². The van der Waals surface area contributed by atoms with E-state index in [2.05, 4.69) is 20.3 Å². The van der Waals surface area contributed by atoms with Gasteiger partial charge in [-0.25, -0.2) is 4.63 Å². The van der Waals surface area contributed by atoms with Crippen molar-refractivity contribution in [1.82, 2.24) is 15.6 Å². The maximum absolute atomic E-state index is 11.4. The van der Waals surface area contributed by atoms with Gasteiger partial charge >= 0.3 is 0 Å². The summed E-state index contributed by atoms with van der Waals surface area (Å²) >= 11 is 0. The normalized spacial score (nSPS) is 25.7. The van der Waals surface area contributed by atoms with Crippen LogP contribution in [0.25, 0.3) is 0 Å². The van der Waals surface area contributed by atoms with Crippen LogP contribution in [-0.2, 0) is 0 Å². The third kappa shape index (κ3) is 1.52. The number of hydrogen-bond acceptors (Lipinski definition) is 5. The third-order valence-electron chi connectivity index (χ3n) is 2.02. The Labute approximate surface area is 74.4 Å². The summed E-state index contributed by atoms with van der Waals surface area (Å²) < 4.78 is 4.40. The number of aryl methyl sites for hydroxylation is 1. The summed E-state index contributed by atoms with van der Waals surface area (Å²) in [5, 5.41) is 9.71. The summed E-state index contributed by atoms with van der Waals surface area (Å²) in [5.41, 5.74) is 6.26. The van der Waals surface area contributed by atoms with Crippen molar-refractivity contribution in [3.63, 3.8) is 0 Å². The van der Waals surface area contributed by atoms with Crippen molar-refractivity contribution >= 4 is 5.91 Å². The maximum atomic E-state index is 11.4. The molecule has 6 nitrogen and oxygen atoms in total. The lowest BCUT2D eigenvalue weighted by atomic mass is 10.3. The number of hydrogen-bond donors (Lipinski definition) is 2. The molecule has 0 aliphatic heterocycles. The minimum atomic E-state index is -0.267. The molecule has 0 spiro atoms. The maximum Gasteiger partial charge on any atom is 0.275 e. The van der Waals surface area contributed by atoms with E-state index in [1.54, 1.807) is 6.92 Å². The van der Waals surface area contributed by atoms with Crippen molar-refractivity contribution in [2.75, 3.05) is 0 Å². The number of nitrogens with zero attached hydrogens (tertiary/aromatic N) is 2. The van der Waals surface area contributed by atoms with Gasteiger partial charge in [-0.15, -0.1) is 0 Å². The van der Waals surface area contributed by atoms with Gasteiger partial charge in [-0.2, -0.15) is 0 Å². The van der Waals surface area contributed by atoms with Crippen LogP contribution in [0.15, 0.2) is 4.63 Å². The van der Waals surface area contributed by atoms with E-state index in [1.807, 2.05) is 0 Å². The van der Waals surface area contributed by atoms with Gasteiger partial charge in [0.1, 0.15) is 5.69 Å². The molecule has 0 saturated heterocycles.